The SMILES string of the molecule is CC(Cl)(Cl)Cl.Nc1c(O)cc[nH]c1=O.Nc1c(O)cc[nH]c1=O.O=C(Cc1c(O)cc[nH]c1=O)c1cccc2ccc(Oc3ccccc3)nc12.O=C(O)c1cccc2ccc(Oc3ccccc3)nc12.O=c1[nH]ccc(O)c1[N+](=O)[O-].O=c1[nH]ccc2oc(-c3cccc4ccc(Oc5ccccc5)nc34)nc12.[HH]. The molecule has 9 heterocycles. The van der Waals surface area contributed by atoms with Crippen molar-refractivity contribution in [1.29, 1.82) is 0 Å². The lowest BCUT2D eigenvalue weighted by molar-refractivity contribution is -0.387. The lowest BCUT2D eigenvalue weighted by atomic mass is 10.0. The molecule has 33 heteroatoms. The van der Waals surface area contributed by atoms with Crippen molar-refractivity contribution < 1.29 is 60.1 Å². The van der Waals surface area contributed by atoms with Gasteiger partial charge in [-0.15, -0.1) is 0 Å². The predicted molar refractivity (Wildman–Crippen MR) is 412 cm³/mol. The van der Waals surface area contributed by atoms with Crippen molar-refractivity contribution in [1.82, 2.24) is 44.9 Å². The van der Waals surface area contributed by atoms with Crippen LogP contribution in [0.25, 0.3) is 55.3 Å². The van der Waals surface area contributed by atoms with Crippen LogP contribution >= 0.6 is 34.8 Å². The zero-order chi connectivity index (χ0) is 78.3. The maximum atomic E-state index is 12.9. The molecule has 0 unspecified atom stereocenters. The minimum absolute atomic E-state index is 0. The number of rotatable bonds is 12. The van der Waals surface area contributed by atoms with Crippen LogP contribution in [0.4, 0.5) is 17.1 Å². The highest BCUT2D eigenvalue weighted by molar-refractivity contribution is 6.67. The lowest BCUT2D eigenvalue weighted by Crippen LogP contribution is -2.16. The Morgan fingerprint density at radius 2 is 0.853 bits per heavy atom. The molecule has 0 aliphatic carbocycles. The second-order valence-corrected chi connectivity index (χ2v) is 25.1. The molecule has 0 aliphatic rings. The maximum absolute atomic E-state index is 12.9. The number of nitrogens with zero attached hydrogens (tertiary/aromatic N) is 5. The number of alkyl halides is 3. The standard InChI is InChI=1S/C22H16N2O4.C21H13N3O3.C16H11NO3.C5H4N2O4.2C5H6N2O2.C2H3Cl3.H2/c25-18-11-12-23-22(27)17(18)13-19(26)16-8-4-5-14-9-10-20(24-21(14)16)28-15-6-2-1-3-7-15;25-20-19-16(11-12-22-20)27-21(24-19)15-8-4-5-13-9-10-17(23-18(13)15)26-14-6-2-1-3-7-14;18-16(19)13-8-4-5-11-9-10-14(17-15(11)13)20-12-6-2-1-3-7-12;8-3-1-2-6-5(9)4(3)7(10)11;2*6-4-3(8)1-2-7-5(4)9;1-2(3,4)5;/h1-12H,13H2,(H2,23,25,27);1-12H,(H,22,25);1-10H,(H,18,19);1-2H,(H2,6,8,9);2*1-2H,6H2,(H2,7,8,9);1H3;1H. The van der Waals surface area contributed by atoms with E-state index in [1.54, 1.807) is 42.5 Å². The van der Waals surface area contributed by atoms with Gasteiger partial charge in [-0.2, -0.15) is 0 Å². The van der Waals surface area contributed by atoms with Gasteiger partial charge < -0.3 is 80.5 Å². The van der Waals surface area contributed by atoms with E-state index in [1.165, 1.54) is 56.0 Å². The number of carbonyl (C=O) groups excluding carboxylic acids is 1. The number of nitro groups is 1. The number of aromatic hydroxyl groups is 4. The molecule has 0 radical (unpaired) electrons. The molecule has 9 aromatic heterocycles. The fourth-order valence-electron chi connectivity index (χ4n) is 9.46. The van der Waals surface area contributed by atoms with Gasteiger partial charge in [0.25, 0.3) is 22.2 Å². The normalized spacial score (nSPS) is 10.5. The van der Waals surface area contributed by atoms with Crippen LogP contribution in [0.15, 0.2) is 272 Å². The minimum atomic E-state index is -1.08. The molecule has 0 saturated carbocycles. The first-order chi connectivity index (χ1) is 52.2. The third kappa shape index (κ3) is 22.0. The molecule has 0 saturated heterocycles. The molecule has 6 aromatic carbocycles. The van der Waals surface area contributed by atoms with Crippen LogP contribution in [-0.4, -0.2) is 90.9 Å². The number of nitrogen functional groups attached to an aromatic ring is 2. The maximum Gasteiger partial charge on any atom is 0.374 e. The van der Waals surface area contributed by atoms with Crippen LogP contribution in [0, 0.1) is 10.1 Å². The molecule has 0 bridgehead atoms. The first-order valence-electron chi connectivity index (χ1n) is 31.7. The van der Waals surface area contributed by atoms with Crippen LogP contribution in [0.1, 0.15) is 34.6 Å². The van der Waals surface area contributed by atoms with E-state index in [0.29, 0.717) is 74.0 Å². The largest absolute Gasteiger partial charge is 0.507 e. The van der Waals surface area contributed by atoms with E-state index >= 15 is 0 Å². The van der Waals surface area contributed by atoms with Crippen molar-refractivity contribution >= 4 is 107 Å². The number of carboxylic acids is 1. The fraction of sp³-hybridized carbons (Fsp3) is 0.0395. The van der Waals surface area contributed by atoms with Crippen LogP contribution < -0.4 is 53.5 Å². The zero-order valence-corrected chi connectivity index (χ0v) is 58.6. The molecule has 0 spiro atoms. The van der Waals surface area contributed by atoms with E-state index in [1.807, 2.05) is 140 Å². The molecule has 109 heavy (non-hydrogen) atoms. The highest BCUT2D eigenvalue weighted by Gasteiger charge is 2.20. The van der Waals surface area contributed by atoms with Crippen molar-refractivity contribution in [3.05, 3.63) is 322 Å². The van der Waals surface area contributed by atoms with Gasteiger partial charge in [0.15, 0.2) is 20.7 Å². The van der Waals surface area contributed by atoms with E-state index in [2.05, 4.69) is 44.9 Å². The number of halogens is 3. The van der Waals surface area contributed by atoms with Gasteiger partial charge in [-0.25, -0.2) is 24.7 Å². The highest BCUT2D eigenvalue weighted by atomic mass is 35.6. The molecular formula is C76H61Cl3N12O18. The predicted octanol–water partition coefficient (Wildman–Crippen LogP) is 14.0. The van der Waals surface area contributed by atoms with Gasteiger partial charge >= 0.3 is 17.2 Å². The summed E-state index contributed by atoms with van der Waals surface area (Å²) in [5.74, 6) is 1.03. The Labute approximate surface area is 629 Å². The zero-order valence-electron chi connectivity index (χ0n) is 56.4. The number of pyridine rings is 8. The number of H-pyrrole nitrogens is 5. The molecule has 0 atom stereocenters. The van der Waals surface area contributed by atoms with E-state index in [4.69, 9.17) is 80.2 Å². The average molecular weight is 1540 g/mol. The van der Waals surface area contributed by atoms with E-state index in [9.17, 15) is 53.9 Å². The number of oxazole rings is 1. The number of aromatic amines is 5. The first-order valence-corrected chi connectivity index (χ1v) is 32.8. The number of para-hydroxylation sites is 6. The number of anilines is 2. The van der Waals surface area contributed by atoms with Gasteiger partial charge in [-0.1, -0.05) is 126 Å². The molecule has 0 aliphatic heterocycles. The quantitative estimate of drug-likeness (QED) is 0.0234. The summed E-state index contributed by atoms with van der Waals surface area (Å²) in [5.41, 5.74) is 10.00. The van der Waals surface area contributed by atoms with Crippen molar-refractivity contribution in [2.45, 2.75) is 17.1 Å². The number of hydrogen-bond donors (Lipinski definition) is 12. The minimum Gasteiger partial charge on any atom is -0.507 e. The van der Waals surface area contributed by atoms with Gasteiger partial charge in [-0.05, 0) is 104 Å². The van der Waals surface area contributed by atoms with E-state index in [-0.39, 0.29) is 64.5 Å². The number of ether oxygens (including phenoxy) is 3. The summed E-state index contributed by atoms with van der Waals surface area (Å²) < 4.78 is 21.9. The second kappa shape index (κ2) is 36.7. The van der Waals surface area contributed by atoms with Gasteiger partial charge in [-0.3, -0.25) is 38.9 Å². The summed E-state index contributed by atoms with van der Waals surface area (Å²) in [7, 11) is 0. The fourth-order valence-corrected chi connectivity index (χ4v) is 9.46. The lowest BCUT2D eigenvalue weighted by Gasteiger charge is -2.09. The molecular weight excluding hydrogens is 1480 g/mol. The Balaban J connectivity index is 0.000000172. The van der Waals surface area contributed by atoms with Gasteiger partial charge in [0.1, 0.15) is 45.9 Å². The van der Waals surface area contributed by atoms with Crippen LogP contribution in [0.3, 0.4) is 0 Å². The summed E-state index contributed by atoms with van der Waals surface area (Å²) in [6.45, 7) is 1.48. The van der Waals surface area contributed by atoms with Crippen molar-refractivity contribution in [2.24, 2.45) is 0 Å². The Bertz CT molecular complexity index is 5990. The van der Waals surface area contributed by atoms with Crippen molar-refractivity contribution in [3.8, 4) is 69.3 Å². The molecule has 15 aromatic rings. The number of aromatic nitrogens is 9. The third-order valence-corrected chi connectivity index (χ3v) is 14.5. The van der Waals surface area contributed by atoms with Crippen LogP contribution in [0.5, 0.6) is 57.9 Å². The number of fused-ring (bicyclic) bond motifs is 4. The second-order valence-electron chi connectivity index (χ2n) is 22.2. The Hall–Kier alpha value is -14.6. The van der Waals surface area contributed by atoms with Gasteiger partial charge in [0.2, 0.25) is 29.3 Å². The molecule has 0 fully saturated rings. The third-order valence-electron chi connectivity index (χ3n) is 14.5. The van der Waals surface area contributed by atoms with Crippen LogP contribution in [0.2, 0.25) is 0 Å². The molecule has 14 N–H and O–H groups in total. The summed E-state index contributed by atoms with van der Waals surface area (Å²) in [6, 6.07) is 61.5. The number of nitrogens with one attached hydrogen (secondary N) is 5. The average Bonchev–Trinajstić information content (AvgIpc) is 1.53. The highest BCUT2D eigenvalue weighted by Crippen LogP contribution is 2.33. The number of ketones is 1. The van der Waals surface area contributed by atoms with Crippen molar-refractivity contribution in [3.63, 3.8) is 0 Å². The smallest absolute Gasteiger partial charge is 0.374 e. The first kappa shape index (κ1) is 78.5. The van der Waals surface area contributed by atoms with Gasteiger partial charge in [0.05, 0.1) is 38.2 Å². The van der Waals surface area contributed by atoms with E-state index in [0.717, 1.165) is 28.4 Å². The summed E-state index contributed by atoms with van der Waals surface area (Å²) in [5, 5.41) is 57.9. The Morgan fingerprint density at radius 3 is 1.27 bits per heavy atom. The number of aromatic carboxylic acids is 1. The molecule has 15 rings (SSSR count). The van der Waals surface area contributed by atoms with Gasteiger partial charge in [0, 0.05) is 84.8 Å². The van der Waals surface area contributed by atoms with Crippen molar-refractivity contribution in [2.75, 3.05) is 11.5 Å². The molecule has 554 valence electrons. The summed E-state index contributed by atoms with van der Waals surface area (Å²) in [4.78, 5) is 118. The molecule has 30 nitrogen and oxygen atoms in total. The monoisotopic (exact) mass is 1530 g/mol. The van der Waals surface area contributed by atoms with Crippen LogP contribution in [-0.2, 0) is 6.42 Å². The number of benzene rings is 6. The topological polar surface area (TPSA) is 487 Å². The summed E-state index contributed by atoms with van der Waals surface area (Å²) >= 11 is 15.2. The number of hydrogen-bond acceptors (Lipinski definition) is 23. The number of Topliss-reactive ketones (excluding diaryl/α,β-unsaturated/α-hetero) is 1. The molecule has 0 amide bonds. The number of nitrogens with two attached hydrogens (primary N) is 2. The Morgan fingerprint density at radius 1 is 0.468 bits per heavy atom. The number of carboxylic acid groups (broad SMARTS) is 1. The van der Waals surface area contributed by atoms with E-state index < -0.39 is 48.4 Å². The summed E-state index contributed by atoms with van der Waals surface area (Å²) in [6.07, 6.45) is 6.42. The number of carbonyl (C=O) groups is 2. The Kier molecular flexibility index (Phi) is 26.4.